The molecule has 4 nitrogen and oxygen atoms in total. The van der Waals surface area contributed by atoms with E-state index in [9.17, 15) is 9.18 Å². The van der Waals surface area contributed by atoms with Crippen LogP contribution in [0, 0.1) is 5.82 Å². The third-order valence-electron chi connectivity index (χ3n) is 4.34. The summed E-state index contributed by atoms with van der Waals surface area (Å²) in [6, 6.07) is 15.7. The largest absolute Gasteiger partial charge is 0.493 e. The third kappa shape index (κ3) is 4.70. The molecule has 28 heavy (non-hydrogen) atoms. The molecule has 146 valence electrons. The Morgan fingerprint density at radius 1 is 1.11 bits per heavy atom. The van der Waals surface area contributed by atoms with Gasteiger partial charge < -0.3 is 14.4 Å². The monoisotopic (exact) mass is 399 g/mol. The van der Waals surface area contributed by atoms with Crippen molar-refractivity contribution in [3.8, 4) is 11.5 Å². The van der Waals surface area contributed by atoms with Gasteiger partial charge in [-0.1, -0.05) is 30.3 Å². The van der Waals surface area contributed by atoms with E-state index in [2.05, 4.69) is 0 Å². The molecule has 0 fully saturated rings. The Morgan fingerprint density at radius 2 is 1.93 bits per heavy atom. The number of ether oxygens (including phenoxy) is 2. The number of rotatable bonds is 8. The van der Waals surface area contributed by atoms with Crippen molar-refractivity contribution in [1.82, 2.24) is 4.90 Å². The minimum atomic E-state index is -0.302. The van der Waals surface area contributed by atoms with E-state index in [0.29, 0.717) is 30.2 Å². The molecular formula is C22H22FNO3S. The highest BCUT2D eigenvalue weighted by Gasteiger charge is 2.16. The van der Waals surface area contributed by atoms with E-state index in [-0.39, 0.29) is 18.3 Å². The molecule has 0 spiro atoms. The predicted octanol–water partition coefficient (Wildman–Crippen LogP) is 5.14. The quantitative estimate of drug-likeness (QED) is 0.527. The summed E-state index contributed by atoms with van der Waals surface area (Å²) >= 11 is 1.43. The van der Waals surface area contributed by atoms with E-state index >= 15 is 0 Å². The third-order valence-corrected chi connectivity index (χ3v) is 5.20. The first-order valence-corrected chi connectivity index (χ1v) is 9.86. The Balaban J connectivity index is 1.71. The lowest BCUT2D eigenvalue weighted by molar-refractivity contribution is 0.0757. The van der Waals surface area contributed by atoms with Crippen molar-refractivity contribution < 1.29 is 18.7 Å². The van der Waals surface area contributed by atoms with Gasteiger partial charge in [0.15, 0.2) is 11.5 Å². The van der Waals surface area contributed by atoms with Crippen molar-refractivity contribution in [2.45, 2.75) is 20.1 Å². The van der Waals surface area contributed by atoms with Crippen LogP contribution in [0.2, 0.25) is 0 Å². The molecule has 3 aromatic rings. The number of thiophene rings is 1. The molecule has 0 N–H and O–H groups in total. The number of methoxy groups -OCH3 is 1. The smallest absolute Gasteiger partial charge is 0.264 e. The molecule has 6 heteroatoms. The van der Waals surface area contributed by atoms with Gasteiger partial charge in [-0.25, -0.2) is 4.39 Å². The minimum absolute atomic E-state index is 0.0105. The van der Waals surface area contributed by atoms with Gasteiger partial charge in [-0.2, -0.15) is 0 Å². The summed E-state index contributed by atoms with van der Waals surface area (Å²) in [4.78, 5) is 15.1. The highest BCUT2D eigenvalue weighted by atomic mass is 32.1. The lowest BCUT2D eigenvalue weighted by Crippen LogP contribution is -2.29. The number of carbonyl (C=O) groups excluding carboxylic acids is 1. The predicted molar refractivity (Wildman–Crippen MR) is 108 cm³/mol. The molecule has 0 bridgehead atoms. The number of amides is 1. The summed E-state index contributed by atoms with van der Waals surface area (Å²) in [6.07, 6.45) is 0. The van der Waals surface area contributed by atoms with Crippen LogP contribution in [0.5, 0.6) is 11.5 Å². The van der Waals surface area contributed by atoms with Crippen LogP contribution in [0.3, 0.4) is 0 Å². The number of nitrogens with zero attached hydrogens (tertiary/aromatic N) is 1. The van der Waals surface area contributed by atoms with Gasteiger partial charge in [-0.05, 0) is 42.1 Å². The van der Waals surface area contributed by atoms with Crippen molar-refractivity contribution in [2.24, 2.45) is 0 Å². The fourth-order valence-electron chi connectivity index (χ4n) is 2.80. The Labute approximate surface area is 168 Å². The van der Waals surface area contributed by atoms with Crippen LogP contribution >= 0.6 is 11.3 Å². The van der Waals surface area contributed by atoms with Crippen molar-refractivity contribution in [1.29, 1.82) is 0 Å². The number of hydrogen-bond acceptors (Lipinski definition) is 4. The first-order valence-electron chi connectivity index (χ1n) is 8.98. The first kappa shape index (κ1) is 19.9. The molecule has 0 saturated carbocycles. The van der Waals surface area contributed by atoms with Crippen molar-refractivity contribution in [3.63, 3.8) is 0 Å². The molecule has 0 aliphatic carbocycles. The van der Waals surface area contributed by atoms with Crippen LogP contribution in [0.4, 0.5) is 4.39 Å². The number of carbonyl (C=O) groups is 1. The van der Waals surface area contributed by atoms with Crippen LogP contribution < -0.4 is 9.47 Å². The van der Waals surface area contributed by atoms with E-state index in [1.165, 1.54) is 17.4 Å². The van der Waals surface area contributed by atoms with Gasteiger partial charge in [0, 0.05) is 18.7 Å². The van der Waals surface area contributed by atoms with E-state index < -0.39 is 0 Å². The first-order chi connectivity index (χ1) is 13.6. The second-order valence-electron chi connectivity index (χ2n) is 6.16. The average molecular weight is 399 g/mol. The maximum atomic E-state index is 13.8. The summed E-state index contributed by atoms with van der Waals surface area (Å²) < 4.78 is 24.9. The maximum absolute atomic E-state index is 13.8. The molecule has 0 aliphatic heterocycles. The Kier molecular flexibility index (Phi) is 6.66. The highest BCUT2D eigenvalue weighted by molar-refractivity contribution is 7.12. The van der Waals surface area contributed by atoms with Gasteiger partial charge in [-0.15, -0.1) is 11.3 Å². The summed E-state index contributed by atoms with van der Waals surface area (Å²) in [5.74, 6) is 0.788. The van der Waals surface area contributed by atoms with E-state index in [0.717, 1.165) is 10.4 Å². The van der Waals surface area contributed by atoms with Gasteiger partial charge in [0.2, 0.25) is 0 Å². The maximum Gasteiger partial charge on any atom is 0.264 e. The number of hydrogen-bond donors (Lipinski definition) is 0. The number of benzene rings is 2. The van der Waals surface area contributed by atoms with Crippen LogP contribution in [0.25, 0.3) is 0 Å². The topological polar surface area (TPSA) is 38.8 Å². The van der Waals surface area contributed by atoms with E-state index in [1.54, 1.807) is 36.3 Å². The molecular weight excluding hydrogens is 377 g/mol. The SMILES string of the molecule is CCN(Cc1ccc(OCc2ccccc2F)c(OC)c1)C(=O)c1cccs1. The molecule has 2 aromatic carbocycles. The zero-order chi connectivity index (χ0) is 19.9. The molecule has 1 heterocycles. The van der Waals surface area contributed by atoms with E-state index in [1.807, 2.05) is 36.6 Å². The van der Waals surface area contributed by atoms with Crippen LogP contribution in [-0.2, 0) is 13.2 Å². The van der Waals surface area contributed by atoms with Gasteiger partial charge >= 0.3 is 0 Å². The van der Waals surface area contributed by atoms with Gasteiger partial charge in [0.05, 0.1) is 12.0 Å². The van der Waals surface area contributed by atoms with Crippen LogP contribution in [0.15, 0.2) is 60.0 Å². The summed E-state index contributed by atoms with van der Waals surface area (Å²) in [5.41, 5.74) is 1.41. The van der Waals surface area contributed by atoms with E-state index in [4.69, 9.17) is 9.47 Å². The normalized spacial score (nSPS) is 10.5. The Hall–Kier alpha value is -2.86. The lowest BCUT2D eigenvalue weighted by Gasteiger charge is -2.21. The summed E-state index contributed by atoms with van der Waals surface area (Å²) in [5, 5.41) is 1.89. The minimum Gasteiger partial charge on any atom is -0.493 e. The van der Waals surface area contributed by atoms with Gasteiger partial charge in [0.1, 0.15) is 12.4 Å². The summed E-state index contributed by atoms with van der Waals surface area (Å²) in [7, 11) is 1.56. The van der Waals surface area contributed by atoms with Crippen molar-refractivity contribution >= 4 is 17.2 Å². The second-order valence-corrected chi connectivity index (χ2v) is 7.11. The molecule has 0 unspecified atom stereocenters. The molecule has 0 saturated heterocycles. The second kappa shape index (κ2) is 9.37. The van der Waals surface area contributed by atoms with Crippen molar-refractivity contribution in [3.05, 3.63) is 81.8 Å². The van der Waals surface area contributed by atoms with Crippen LogP contribution in [0.1, 0.15) is 27.7 Å². The van der Waals surface area contributed by atoms with Crippen LogP contribution in [-0.4, -0.2) is 24.5 Å². The molecule has 1 aromatic heterocycles. The molecule has 0 radical (unpaired) electrons. The summed E-state index contributed by atoms with van der Waals surface area (Å²) in [6.45, 7) is 3.14. The highest BCUT2D eigenvalue weighted by Crippen LogP contribution is 2.30. The average Bonchev–Trinajstić information content (AvgIpc) is 3.26. The fraction of sp³-hybridized carbons (Fsp3) is 0.227. The van der Waals surface area contributed by atoms with Gasteiger partial charge in [0.25, 0.3) is 5.91 Å². The zero-order valence-electron chi connectivity index (χ0n) is 15.9. The molecule has 0 atom stereocenters. The van der Waals surface area contributed by atoms with Crippen molar-refractivity contribution in [2.75, 3.05) is 13.7 Å². The fourth-order valence-corrected chi connectivity index (χ4v) is 3.50. The Bertz CT molecular complexity index is 927. The van der Waals surface area contributed by atoms with Gasteiger partial charge in [-0.3, -0.25) is 4.79 Å². The molecule has 1 amide bonds. The number of halogens is 1. The molecule has 3 rings (SSSR count). The zero-order valence-corrected chi connectivity index (χ0v) is 16.7. The lowest BCUT2D eigenvalue weighted by atomic mass is 10.1. The Morgan fingerprint density at radius 3 is 2.61 bits per heavy atom. The standard InChI is InChI=1S/C22H22FNO3S/c1-3-24(22(25)21-9-6-12-28-21)14-16-10-11-19(20(13-16)26-2)27-15-17-7-4-5-8-18(17)23/h4-13H,3,14-15H2,1-2H3. The molecule has 0 aliphatic rings.